The van der Waals surface area contributed by atoms with Crippen molar-refractivity contribution in [2.45, 2.75) is 38.4 Å². The van der Waals surface area contributed by atoms with E-state index in [0.29, 0.717) is 12.2 Å². The minimum atomic E-state index is -4.47. The lowest BCUT2D eigenvalue weighted by Gasteiger charge is -2.11. The molecule has 0 bridgehead atoms. The third-order valence-corrected chi connectivity index (χ3v) is 3.24. The van der Waals surface area contributed by atoms with E-state index >= 15 is 0 Å². The third-order valence-electron chi connectivity index (χ3n) is 2.96. The van der Waals surface area contributed by atoms with E-state index in [1.807, 2.05) is 6.92 Å². The first-order valence-corrected chi connectivity index (χ1v) is 6.56. The molecule has 2 rings (SSSR count). The fraction of sp³-hybridized carbons (Fsp3) is 0.500. The van der Waals surface area contributed by atoms with Gasteiger partial charge in [-0.15, -0.1) is 10.2 Å². The molecule has 20 heavy (non-hydrogen) atoms. The van der Waals surface area contributed by atoms with Crippen molar-refractivity contribution in [2.75, 3.05) is 0 Å². The van der Waals surface area contributed by atoms with Gasteiger partial charge in [-0.25, -0.2) is 0 Å². The Morgan fingerprint density at radius 1 is 1.40 bits per heavy atom. The maximum Gasteiger partial charge on any atom is 0.417 e. The van der Waals surface area contributed by atoms with Gasteiger partial charge < -0.3 is 5.73 Å². The van der Waals surface area contributed by atoms with Gasteiger partial charge in [0.1, 0.15) is 5.82 Å². The number of hydrogen-bond acceptors (Lipinski definition) is 3. The molecule has 4 nitrogen and oxygen atoms in total. The second kappa shape index (κ2) is 5.57. The van der Waals surface area contributed by atoms with Gasteiger partial charge in [0.15, 0.2) is 5.65 Å². The molecule has 2 heterocycles. The Hall–Kier alpha value is -1.34. The highest BCUT2D eigenvalue weighted by molar-refractivity contribution is 6.33. The molecule has 1 atom stereocenters. The second-order valence-corrected chi connectivity index (χ2v) is 5.04. The number of aromatic nitrogens is 3. The van der Waals surface area contributed by atoms with Crippen molar-refractivity contribution in [2.24, 2.45) is 5.73 Å². The monoisotopic (exact) mass is 306 g/mol. The fourth-order valence-corrected chi connectivity index (χ4v) is 2.25. The lowest BCUT2D eigenvalue weighted by atomic mass is 10.1. The minimum absolute atomic E-state index is 0.0809. The van der Waals surface area contributed by atoms with E-state index in [1.165, 1.54) is 4.40 Å². The summed E-state index contributed by atoms with van der Waals surface area (Å²) in [6.07, 6.45) is -1.50. The van der Waals surface area contributed by atoms with E-state index < -0.39 is 11.7 Å². The summed E-state index contributed by atoms with van der Waals surface area (Å²) in [5.41, 5.74) is 5.27. The zero-order valence-electron chi connectivity index (χ0n) is 10.8. The highest BCUT2D eigenvalue weighted by Gasteiger charge is 2.32. The van der Waals surface area contributed by atoms with Crippen LogP contribution in [0, 0.1) is 0 Å². The highest BCUT2D eigenvalue weighted by Crippen LogP contribution is 2.32. The summed E-state index contributed by atoms with van der Waals surface area (Å²) < 4.78 is 39.6. The van der Waals surface area contributed by atoms with Gasteiger partial charge >= 0.3 is 6.18 Å². The van der Waals surface area contributed by atoms with Crippen LogP contribution >= 0.6 is 11.6 Å². The van der Waals surface area contributed by atoms with E-state index in [-0.39, 0.29) is 16.7 Å². The second-order valence-electron chi connectivity index (χ2n) is 4.64. The zero-order valence-corrected chi connectivity index (χ0v) is 11.5. The number of halogens is 4. The molecule has 0 spiro atoms. The molecular formula is C12H14ClF3N4. The number of nitrogens with zero attached hydrogens (tertiary/aromatic N) is 3. The van der Waals surface area contributed by atoms with E-state index in [2.05, 4.69) is 10.2 Å². The van der Waals surface area contributed by atoms with Crippen LogP contribution in [0.25, 0.3) is 5.65 Å². The number of hydrogen-bond donors (Lipinski definition) is 1. The third kappa shape index (κ3) is 3.04. The van der Waals surface area contributed by atoms with Crippen molar-refractivity contribution >= 4 is 17.2 Å². The van der Waals surface area contributed by atoms with Crippen LogP contribution in [-0.2, 0) is 12.6 Å². The van der Waals surface area contributed by atoms with Crippen LogP contribution in [0.15, 0.2) is 12.3 Å². The van der Waals surface area contributed by atoms with Crippen molar-refractivity contribution in [3.05, 3.63) is 28.7 Å². The molecule has 8 heteroatoms. The fourth-order valence-electron chi connectivity index (χ4n) is 2.00. The maximum atomic E-state index is 12.8. The van der Waals surface area contributed by atoms with Crippen molar-refractivity contribution in [3.8, 4) is 0 Å². The van der Waals surface area contributed by atoms with Gasteiger partial charge in [0.05, 0.1) is 10.6 Å². The van der Waals surface area contributed by atoms with Gasteiger partial charge in [-0.1, -0.05) is 24.9 Å². The summed E-state index contributed by atoms with van der Waals surface area (Å²) >= 11 is 5.82. The molecule has 0 saturated carbocycles. The molecule has 1 unspecified atom stereocenters. The van der Waals surface area contributed by atoms with E-state index in [1.54, 1.807) is 0 Å². The Morgan fingerprint density at radius 2 is 2.10 bits per heavy atom. The topological polar surface area (TPSA) is 56.2 Å². The number of alkyl halides is 3. The zero-order chi connectivity index (χ0) is 14.9. The van der Waals surface area contributed by atoms with E-state index in [4.69, 9.17) is 17.3 Å². The van der Waals surface area contributed by atoms with Gasteiger partial charge in [-0.05, 0) is 12.5 Å². The molecule has 0 aliphatic heterocycles. The van der Waals surface area contributed by atoms with Gasteiger partial charge in [0.25, 0.3) is 0 Å². The SMILES string of the molecule is CCCC(N)Cc1nnc2c(Cl)cc(C(F)(F)F)cn12. The van der Waals surface area contributed by atoms with Crippen LogP contribution in [0.4, 0.5) is 13.2 Å². The molecule has 0 saturated heterocycles. The Labute approximate surface area is 118 Å². The van der Waals surface area contributed by atoms with Crippen LogP contribution < -0.4 is 5.73 Å². The van der Waals surface area contributed by atoms with Crippen LogP contribution in [0.1, 0.15) is 31.2 Å². The van der Waals surface area contributed by atoms with Crippen LogP contribution in [0.5, 0.6) is 0 Å². The average molecular weight is 307 g/mol. The standard InChI is InChI=1S/C12H14ClF3N4/c1-2-3-8(17)5-10-18-19-11-9(13)4-7(6-20(10)11)12(14,15)16/h4,6,8H,2-3,5,17H2,1H3. The summed E-state index contributed by atoms with van der Waals surface area (Å²) in [5.74, 6) is 0.383. The molecular weight excluding hydrogens is 293 g/mol. The molecule has 2 aromatic rings. The van der Waals surface area contributed by atoms with Gasteiger partial charge in [0.2, 0.25) is 0 Å². The number of nitrogens with two attached hydrogens (primary N) is 1. The van der Waals surface area contributed by atoms with E-state index in [0.717, 1.165) is 25.1 Å². The lowest BCUT2D eigenvalue weighted by Crippen LogP contribution is -2.23. The lowest BCUT2D eigenvalue weighted by molar-refractivity contribution is -0.137. The molecule has 0 fully saturated rings. The summed E-state index contributed by atoms with van der Waals surface area (Å²) in [7, 11) is 0. The van der Waals surface area contributed by atoms with Crippen LogP contribution in [0.3, 0.4) is 0 Å². The molecule has 0 amide bonds. The maximum absolute atomic E-state index is 12.8. The summed E-state index contributed by atoms with van der Waals surface area (Å²) in [6, 6.07) is 0.683. The van der Waals surface area contributed by atoms with Crippen LogP contribution in [-0.4, -0.2) is 20.6 Å². The van der Waals surface area contributed by atoms with Gasteiger partial charge in [0, 0.05) is 18.7 Å². The molecule has 0 aliphatic rings. The predicted molar refractivity (Wildman–Crippen MR) is 69.6 cm³/mol. The molecule has 0 aromatic carbocycles. The van der Waals surface area contributed by atoms with Crippen molar-refractivity contribution in [1.82, 2.24) is 14.6 Å². The van der Waals surface area contributed by atoms with Gasteiger partial charge in [-0.2, -0.15) is 13.2 Å². The first kappa shape index (κ1) is 15.1. The minimum Gasteiger partial charge on any atom is -0.327 e. The molecule has 0 aliphatic carbocycles. The normalized spacial score (nSPS) is 13.9. The summed E-state index contributed by atoms with van der Waals surface area (Å²) in [5, 5.41) is 7.61. The van der Waals surface area contributed by atoms with Crippen molar-refractivity contribution in [3.63, 3.8) is 0 Å². The Balaban J connectivity index is 2.45. The first-order chi connectivity index (χ1) is 9.32. The molecule has 2 aromatic heterocycles. The first-order valence-electron chi connectivity index (χ1n) is 6.19. The van der Waals surface area contributed by atoms with Crippen LogP contribution in [0.2, 0.25) is 5.02 Å². The van der Waals surface area contributed by atoms with Crippen molar-refractivity contribution < 1.29 is 13.2 Å². The number of pyridine rings is 1. The van der Waals surface area contributed by atoms with E-state index in [9.17, 15) is 13.2 Å². The average Bonchev–Trinajstić information content (AvgIpc) is 2.72. The predicted octanol–water partition coefficient (Wildman–Crippen LogP) is 3.07. The largest absolute Gasteiger partial charge is 0.417 e. The Morgan fingerprint density at radius 3 is 2.70 bits per heavy atom. The highest BCUT2D eigenvalue weighted by atomic mass is 35.5. The van der Waals surface area contributed by atoms with Gasteiger partial charge in [-0.3, -0.25) is 4.40 Å². The number of rotatable bonds is 4. The summed E-state index contributed by atoms with van der Waals surface area (Å²) in [6.45, 7) is 1.99. The number of fused-ring (bicyclic) bond motifs is 1. The molecule has 110 valence electrons. The smallest absolute Gasteiger partial charge is 0.327 e. The summed E-state index contributed by atoms with van der Waals surface area (Å²) in [4.78, 5) is 0. The Bertz CT molecular complexity index is 609. The quantitative estimate of drug-likeness (QED) is 0.944. The molecule has 2 N–H and O–H groups in total. The molecule has 0 radical (unpaired) electrons. The Kier molecular flexibility index (Phi) is 4.19. The van der Waals surface area contributed by atoms with Crippen molar-refractivity contribution in [1.29, 1.82) is 0 Å².